The van der Waals surface area contributed by atoms with Crippen molar-refractivity contribution in [3.05, 3.63) is 23.8 Å². The Balaban J connectivity index is 2.24. The summed E-state index contributed by atoms with van der Waals surface area (Å²) in [5.74, 6) is -0.0305. The first kappa shape index (κ1) is 13.4. The Morgan fingerprint density at radius 3 is 2.67 bits per heavy atom. The zero-order chi connectivity index (χ0) is 13.1. The predicted octanol–water partition coefficient (Wildman–Crippen LogP) is 3.20. The van der Waals surface area contributed by atoms with E-state index in [4.69, 9.17) is 5.73 Å². The molecule has 7 heteroatoms. The molecule has 0 amide bonds. The van der Waals surface area contributed by atoms with Gasteiger partial charge in [-0.3, -0.25) is 4.79 Å². The summed E-state index contributed by atoms with van der Waals surface area (Å²) >= 11 is 4.59. The first-order chi connectivity index (χ1) is 8.60. The smallest absolute Gasteiger partial charge is 0.179 e. The molecule has 0 aliphatic heterocycles. The van der Waals surface area contributed by atoms with Gasteiger partial charge in [-0.05, 0) is 31.4 Å². The number of nitrogens with two attached hydrogens (primary N) is 1. The van der Waals surface area contributed by atoms with Gasteiger partial charge in [0.05, 0.1) is 0 Å². The van der Waals surface area contributed by atoms with Crippen molar-refractivity contribution in [2.45, 2.75) is 20.5 Å². The second-order valence-electron chi connectivity index (χ2n) is 3.45. The van der Waals surface area contributed by atoms with Crippen molar-refractivity contribution < 1.29 is 4.79 Å². The number of ketones is 1. The highest BCUT2D eigenvalue weighted by molar-refractivity contribution is 8.03. The molecule has 2 aromatic rings. The summed E-state index contributed by atoms with van der Waals surface area (Å²) in [5, 5.41) is 8.10. The standard InChI is InChI=1S/C11H11N3OS3/c1-6(15)8-5-7(3-4-9(8)12)17-11-14-13-10(16-2)18-11/h3-5H,12H2,1-2H3. The zero-order valence-electron chi connectivity index (χ0n) is 9.84. The predicted molar refractivity (Wildman–Crippen MR) is 76.7 cm³/mol. The van der Waals surface area contributed by atoms with E-state index in [2.05, 4.69) is 10.2 Å². The fourth-order valence-electron chi connectivity index (χ4n) is 1.33. The lowest BCUT2D eigenvalue weighted by Gasteiger charge is -2.04. The SMILES string of the molecule is CSc1nnc(Sc2ccc(N)c(C(C)=O)c2)s1. The number of hydrogen-bond acceptors (Lipinski definition) is 7. The van der Waals surface area contributed by atoms with E-state index in [1.54, 1.807) is 23.9 Å². The van der Waals surface area contributed by atoms with E-state index < -0.39 is 0 Å². The molecule has 0 unspecified atom stereocenters. The average molecular weight is 297 g/mol. The highest BCUT2D eigenvalue weighted by atomic mass is 32.2. The Morgan fingerprint density at radius 2 is 2.06 bits per heavy atom. The van der Waals surface area contributed by atoms with Crippen molar-refractivity contribution in [2.24, 2.45) is 0 Å². The molecule has 0 fully saturated rings. The number of hydrogen-bond donors (Lipinski definition) is 1. The van der Waals surface area contributed by atoms with Gasteiger partial charge in [-0.1, -0.05) is 34.9 Å². The number of carbonyl (C=O) groups is 1. The maximum atomic E-state index is 11.4. The van der Waals surface area contributed by atoms with Crippen LogP contribution in [0.3, 0.4) is 0 Å². The number of Topliss-reactive ketones (excluding diaryl/α,β-unsaturated/α-hetero) is 1. The minimum atomic E-state index is -0.0305. The number of benzene rings is 1. The van der Waals surface area contributed by atoms with E-state index in [-0.39, 0.29) is 5.78 Å². The molecule has 94 valence electrons. The fraction of sp³-hybridized carbons (Fsp3) is 0.182. The van der Waals surface area contributed by atoms with Gasteiger partial charge in [0.15, 0.2) is 14.5 Å². The van der Waals surface area contributed by atoms with Gasteiger partial charge in [0.1, 0.15) is 0 Å². The Bertz CT molecular complexity index is 583. The highest BCUT2D eigenvalue weighted by Crippen LogP contribution is 2.34. The normalized spacial score (nSPS) is 10.6. The van der Waals surface area contributed by atoms with Crippen molar-refractivity contribution in [1.82, 2.24) is 10.2 Å². The Hall–Kier alpha value is -1.05. The second-order valence-corrected chi connectivity index (χ2v) is 6.80. The maximum Gasteiger partial charge on any atom is 0.179 e. The van der Waals surface area contributed by atoms with Crippen LogP contribution in [0.1, 0.15) is 17.3 Å². The molecule has 0 atom stereocenters. The zero-order valence-corrected chi connectivity index (χ0v) is 12.3. The number of nitrogen functional groups attached to an aromatic ring is 1. The summed E-state index contributed by atoms with van der Waals surface area (Å²) in [6.07, 6.45) is 1.96. The van der Waals surface area contributed by atoms with Crippen LogP contribution in [0.4, 0.5) is 5.69 Å². The van der Waals surface area contributed by atoms with E-state index in [1.807, 2.05) is 12.3 Å². The van der Waals surface area contributed by atoms with Crippen LogP contribution >= 0.6 is 34.9 Å². The Kier molecular flexibility index (Phi) is 4.26. The van der Waals surface area contributed by atoms with Crippen molar-refractivity contribution in [3.8, 4) is 0 Å². The fourth-order valence-corrected chi connectivity index (χ4v) is 3.78. The lowest BCUT2D eigenvalue weighted by Crippen LogP contribution is -1.99. The van der Waals surface area contributed by atoms with Gasteiger partial charge in [0.2, 0.25) is 0 Å². The molecule has 0 aliphatic carbocycles. The number of rotatable bonds is 4. The van der Waals surface area contributed by atoms with Crippen LogP contribution < -0.4 is 5.73 Å². The lowest BCUT2D eigenvalue weighted by molar-refractivity contribution is 0.101. The molecular weight excluding hydrogens is 286 g/mol. The van der Waals surface area contributed by atoms with E-state index in [9.17, 15) is 4.79 Å². The number of aromatic nitrogens is 2. The molecule has 2 N–H and O–H groups in total. The molecule has 1 heterocycles. The minimum absolute atomic E-state index is 0.0305. The van der Waals surface area contributed by atoms with E-state index >= 15 is 0 Å². The van der Waals surface area contributed by atoms with Crippen LogP contribution in [0.15, 0.2) is 31.8 Å². The summed E-state index contributed by atoms with van der Waals surface area (Å²) in [5.41, 5.74) is 6.81. The van der Waals surface area contributed by atoms with Crippen LogP contribution in [0.25, 0.3) is 0 Å². The highest BCUT2D eigenvalue weighted by Gasteiger charge is 2.09. The van der Waals surface area contributed by atoms with Crippen LogP contribution in [-0.2, 0) is 0 Å². The summed E-state index contributed by atoms with van der Waals surface area (Å²) in [7, 11) is 0. The molecule has 1 aromatic carbocycles. The van der Waals surface area contributed by atoms with Crippen molar-refractivity contribution >= 4 is 46.3 Å². The van der Waals surface area contributed by atoms with Gasteiger partial charge < -0.3 is 5.73 Å². The third kappa shape index (κ3) is 3.04. The molecule has 18 heavy (non-hydrogen) atoms. The van der Waals surface area contributed by atoms with Crippen molar-refractivity contribution in [1.29, 1.82) is 0 Å². The second kappa shape index (κ2) is 5.73. The maximum absolute atomic E-state index is 11.4. The van der Waals surface area contributed by atoms with Crippen LogP contribution in [0, 0.1) is 0 Å². The average Bonchev–Trinajstić information content (AvgIpc) is 2.79. The Morgan fingerprint density at radius 1 is 1.33 bits per heavy atom. The molecule has 1 aromatic heterocycles. The van der Waals surface area contributed by atoms with Crippen LogP contribution in [0.5, 0.6) is 0 Å². The number of thioether (sulfide) groups is 1. The van der Waals surface area contributed by atoms with Gasteiger partial charge in [-0.15, -0.1) is 10.2 Å². The molecule has 4 nitrogen and oxygen atoms in total. The first-order valence-electron chi connectivity index (χ1n) is 5.06. The number of anilines is 1. The van der Waals surface area contributed by atoms with Crippen LogP contribution in [-0.4, -0.2) is 22.2 Å². The van der Waals surface area contributed by atoms with Gasteiger partial charge in [-0.25, -0.2) is 0 Å². The summed E-state index contributed by atoms with van der Waals surface area (Å²) in [6, 6.07) is 5.42. The first-order valence-corrected chi connectivity index (χ1v) is 7.91. The molecule has 0 saturated carbocycles. The van der Waals surface area contributed by atoms with E-state index in [0.717, 1.165) is 13.6 Å². The molecule has 0 spiro atoms. The Labute approximate surface area is 117 Å². The quantitative estimate of drug-likeness (QED) is 0.531. The molecule has 0 bridgehead atoms. The largest absolute Gasteiger partial charge is 0.398 e. The van der Waals surface area contributed by atoms with E-state index in [0.29, 0.717) is 11.3 Å². The molecule has 2 rings (SSSR count). The number of carbonyl (C=O) groups excluding carboxylic acids is 1. The third-order valence-corrected chi connectivity index (χ3v) is 5.11. The third-order valence-electron chi connectivity index (χ3n) is 2.17. The topological polar surface area (TPSA) is 68.9 Å². The van der Waals surface area contributed by atoms with Crippen LogP contribution in [0.2, 0.25) is 0 Å². The lowest BCUT2D eigenvalue weighted by atomic mass is 10.1. The van der Waals surface area contributed by atoms with Gasteiger partial charge in [0, 0.05) is 16.1 Å². The van der Waals surface area contributed by atoms with Gasteiger partial charge in [0.25, 0.3) is 0 Å². The molecule has 0 radical (unpaired) electrons. The van der Waals surface area contributed by atoms with E-state index in [1.165, 1.54) is 30.0 Å². The summed E-state index contributed by atoms with van der Waals surface area (Å²) in [6.45, 7) is 1.51. The monoisotopic (exact) mass is 297 g/mol. The van der Waals surface area contributed by atoms with Crippen molar-refractivity contribution in [3.63, 3.8) is 0 Å². The molecule has 0 saturated heterocycles. The summed E-state index contributed by atoms with van der Waals surface area (Å²) < 4.78 is 1.79. The molecular formula is C11H11N3OS3. The molecule has 0 aliphatic rings. The van der Waals surface area contributed by atoms with Gasteiger partial charge in [-0.2, -0.15) is 0 Å². The minimum Gasteiger partial charge on any atom is -0.398 e. The number of nitrogens with zero attached hydrogens (tertiary/aromatic N) is 2. The van der Waals surface area contributed by atoms with Gasteiger partial charge >= 0.3 is 0 Å². The van der Waals surface area contributed by atoms with Crippen molar-refractivity contribution in [2.75, 3.05) is 12.0 Å². The summed E-state index contributed by atoms with van der Waals surface area (Å²) in [4.78, 5) is 12.3.